The lowest BCUT2D eigenvalue weighted by Gasteiger charge is -2.18. The summed E-state index contributed by atoms with van der Waals surface area (Å²) < 4.78 is 16.8. The lowest BCUT2D eigenvalue weighted by molar-refractivity contribution is -0.167. The second kappa shape index (κ2) is 55.7. The van der Waals surface area contributed by atoms with Crippen molar-refractivity contribution < 1.29 is 28.6 Å². The number of ether oxygens (including phenoxy) is 3. The van der Waals surface area contributed by atoms with Crippen molar-refractivity contribution in [2.24, 2.45) is 0 Å². The number of hydrogen-bond donors (Lipinski definition) is 0. The van der Waals surface area contributed by atoms with Crippen LogP contribution in [-0.4, -0.2) is 37.2 Å². The fourth-order valence-corrected chi connectivity index (χ4v) is 7.32. The van der Waals surface area contributed by atoms with Gasteiger partial charge in [0.05, 0.1) is 0 Å². The largest absolute Gasteiger partial charge is 0.462 e. The topological polar surface area (TPSA) is 78.9 Å². The third kappa shape index (κ3) is 53.0. The first-order valence-electron chi connectivity index (χ1n) is 27.9. The molecule has 1 unspecified atom stereocenters. The fraction of sp³-hybridized carbons (Fsp3) is 0.661. The highest BCUT2D eigenvalue weighted by Gasteiger charge is 2.19. The SMILES string of the molecule is CC/C=C\C/C=C\C/C=C\CCCCCCC(=O)OCC(COC(=O)CCCCCCCCCCCC/C=C\C=C/CCCCC)OC(=O)CCC/C=C\C/C=C\C/C=C\C/C=C\CCCCC. The minimum absolute atomic E-state index is 0.110. The molecular formula is C62H102O6. The lowest BCUT2D eigenvalue weighted by atomic mass is 10.1. The third-order valence-electron chi connectivity index (χ3n) is 11.5. The normalized spacial score (nSPS) is 12.9. The molecule has 6 nitrogen and oxygen atoms in total. The first kappa shape index (κ1) is 64.1. The van der Waals surface area contributed by atoms with E-state index in [-0.39, 0.29) is 37.5 Å². The van der Waals surface area contributed by atoms with Crippen LogP contribution in [0.25, 0.3) is 0 Å². The molecule has 0 aromatic carbocycles. The molecule has 0 N–H and O–H groups in total. The molecule has 68 heavy (non-hydrogen) atoms. The summed E-state index contributed by atoms with van der Waals surface area (Å²) in [5.74, 6) is -0.995. The van der Waals surface area contributed by atoms with E-state index in [0.717, 1.165) is 96.3 Å². The van der Waals surface area contributed by atoms with Crippen molar-refractivity contribution in [1.29, 1.82) is 0 Å². The molecule has 0 saturated heterocycles. The summed E-state index contributed by atoms with van der Waals surface area (Å²) in [7, 11) is 0. The van der Waals surface area contributed by atoms with Gasteiger partial charge in [0.15, 0.2) is 6.10 Å². The van der Waals surface area contributed by atoms with Gasteiger partial charge < -0.3 is 14.2 Å². The van der Waals surface area contributed by atoms with Gasteiger partial charge in [-0.1, -0.05) is 220 Å². The number of carbonyl (C=O) groups is 3. The Kier molecular flexibility index (Phi) is 52.4. The van der Waals surface area contributed by atoms with Gasteiger partial charge in [-0.05, 0) is 116 Å². The molecule has 0 heterocycles. The molecule has 0 aromatic rings. The Morgan fingerprint density at radius 1 is 0.324 bits per heavy atom. The van der Waals surface area contributed by atoms with Crippen LogP contribution in [0.4, 0.5) is 0 Å². The Morgan fingerprint density at radius 2 is 0.632 bits per heavy atom. The Hall–Kier alpha value is -3.93. The van der Waals surface area contributed by atoms with E-state index in [1.807, 2.05) is 0 Å². The monoisotopic (exact) mass is 943 g/mol. The standard InChI is InChI=1S/C62H102O6/c1-4-7-10-13-16-19-22-25-28-30-31-33-34-37-40-43-46-49-52-55-61(64)67-58-59(57-66-60(63)54-51-48-45-42-39-36-27-24-21-18-15-12-9-6-3)68-62(65)56-53-50-47-44-41-38-35-32-29-26-23-20-17-14-11-8-5-2/h9,12,16-22,25-27,29,35-36,38,44,47,59H,4-8,10-11,13-15,23-24,28,30-34,37,39-43,45-46,48-58H2,1-3H3/b12-9-,19-16-,20-17-,21-18-,25-22-,29-26-,36-27-,38-35-,47-44-. The van der Waals surface area contributed by atoms with Crippen molar-refractivity contribution in [2.45, 2.75) is 252 Å². The average molecular weight is 943 g/mol. The number of rotatable bonds is 49. The zero-order valence-electron chi connectivity index (χ0n) is 44.1. The Labute approximate surface area is 419 Å². The van der Waals surface area contributed by atoms with Crippen molar-refractivity contribution in [3.8, 4) is 0 Å². The molecule has 1 atom stereocenters. The predicted octanol–water partition coefficient (Wildman–Crippen LogP) is 18.7. The van der Waals surface area contributed by atoms with Gasteiger partial charge in [-0.2, -0.15) is 0 Å². The molecular weight excluding hydrogens is 841 g/mol. The van der Waals surface area contributed by atoms with Crippen LogP contribution in [0.2, 0.25) is 0 Å². The van der Waals surface area contributed by atoms with Crippen LogP contribution in [-0.2, 0) is 28.6 Å². The molecule has 0 aromatic heterocycles. The Balaban J connectivity index is 4.50. The number of hydrogen-bond acceptors (Lipinski definition) is 6. The van der Waals surface area contributed by atoms with E-state index in [2.05, 4.69) is 130 Å². The molecule has 0 rings (SSSR count). The van der Waals surface area contributed by atoms with Crippen molar-refractivity contribution in [1.82, 2.24) is 0 Å². The number of esters is 3. The van der Waals surface area contributed by atoms with Crippen LogP contribution in [0.15, 0.2) is 109 Å². The molecule has 0 bridgehead atoms. The van der Waals surface area contributed by atoms with Gasteiger partial charge in [-0.3, -0.25) is 14.4 Å². The van der Waals surface area contributed by atoms with E-state index in [4.69, 9.17) is 14.2 Å². The Bertz CT molecular complexity index is 1410. The predicted molar refractivity (Wildman–Crippen MR) is 293 cm³/mol. The minimum Gasteiger partial charge on any atom is -0.462 e. The third-order valence-corrected chi connectivity index (χ3v) is 11.5. The van der Waals surface area contributed by atoms with E-state index in [0.29, 0.717) is 19.3 Å². The van der Waals surface area contributed by atoms with E-state index < -0.39 is 6.10 Å². The van der Waals surface area contributed by atoms with Gasteiger partial charge in [-0.15, -0.1) is 0 Å². The highest BCUT2D eigenvalue weighted by atomic mass is 16.6. The second-order valence-electron chi connectivity index (χ2n) is 18.1. The maximum Gasteiger partial charge on any atom is 0.306 e. The maximum absolute atomic E-state index is 12.8. The summed E-state index contributed by atoms with van der Waals surface area (Å²) in [4.78, 5) is 38.1. The van der Waals surface area contributed by atoms with Gasteiger partial charge in [0.2, 0.25) is 0 Å². The van der Waals surface area contributed by atoms with Gasteiger partial charge in [0.1, 0.15) is 13.2 Å². The molecule has 6 heteroatoms. The van der Waals surface area contributed by atoms with E-state index in [9.17, 15) is 14.4 Å². The van der Waals surface area contributed by atoms with Crippen molar-refractivity contribution in [3.63, 3.8) is 0 Å². The molecule has 0 aliphatic rings. The van der Waals surface area contributed by atoms with E-state index >= 15 is 0 Å². The first-order valence-corrected chi connectivity index (χ1v) is 27.9. The molecule has 0 fully saturated rings. The summed E-state index contributed by atoms with van der Waals surface area (Å²) >= 11 is 0. The molecule has 0 aliphatic heterocycles. The molecule has 0 radical (unpaired) electrons. The smallest absolute Gasteiger partial charge is 0.306 e. The van der Waals surface area contributed by atoms with Crippen molar-refractivity contribution in [3.05, 3.63) is 109 Å². The maximum atomic E-state index is 12.8. The summed E-state index contributed by atoms with van der Waals surface area (Å²) in [6.45, 7) is 6.40. The van der Waals surface area contributed by atoms with Crippen LogP contribution in [0, 0.1) is 0 Å². The van der Waals surface area contributed by atoms with Gasteiger partial charge in [-0.25, -0.2) is 0 Å². The number of unbranched alkanes of at least 4 members (excludes halogenated alkanes) is 21. The molecule has 0 aliphatic carbocycles. The summed E-state index contributed by atoms with van der Waals surface area (Å²) in [6, 6.07) is 0. The average Bonchev–Trinajstić information content (AvgIpc) is 3.34. The summed E-state index contributed by atoms with van der Waals surface area (Å²) in [6.07, 6.45) is 75.1. The van der Waals surface area contributed by atoms with E-state index in [1.54, 1.807) is 0 Å². The van der Waals surface area contributed by atoms with E-state index in [1.165, 1.54) is 103 Å². The highest BCUT2D eigenvalue weighted by Crippen LogP contribution is 2.14. The quantitative estimate of drug-likeness (QED) is 0.0199. The number of carbonyl (C=O) groups excluding carboxylic acids is 3. The Morgan fingerprint density at radius 3 is 1.03 bits per heavy atom. The van der Waals surface area contributed by atoms with Gasteiger partial charge in [0.25, 0.3) is 0 Å². The van der Waals surface area contributed by atoms with Gasteiger partial charge in [0, 0.05) is 19.3 Å². The zero-order valence-corrected chi connectivity index (χ0v) is 44.1. The first-order chi connectivity index (χ1) is 33.5. The fourth-order valence-electron chi connectivity index (χ4n) is 7.32. The van der Waals surface area contributed by atoms with Crippen molar-refractivity contribution >= 4 is 17.9 Å². The second-order valence-corrected chi connectivity index (χ2v) is 18.1. The lowest BCUT2D eigenvalue weighted by Crippen LogP contribution is -2.30. The van der Waals surface area contributed by atoms with Gasteiger partial charge >= 0.3 is 17.9 Å². The zero-order chi connectivity index (χ0) is 49.3. The molecule has 0 spiro atoms. The van der Waals surface area contributed by atoms with Crippen LogP contribution in [0.1, 0.15) is 245 Å². The van der Waals surface area contributed by atoms with Crippen LogP contribution < -0.4 is 0 Å². The molecule has 386 valence electrons. The van der Waals surface area contributed by atoms with Crippen molar-refractivity contribution in [2.75, 3.05) is 13.2 Å². The van der Waals surface area contributed by atoms with Crippen LogP contribution in [0.3, 0.4) is 0 Å². The summed E-state index contributed by atoms with van der Waals surface area (Å²) in [5, 5.41) is 0. The highest BCUT2D eigenvalue weighted by molar-refractivity contribution is 5.71. The molecule has 0 saturated carbocycles. The van der Waals surface area contributed by atoms with Crippen LogP contribution >= 0.6 is 0 Å². The number of allylic oxidation sites excluding steroid dienone is 18. The minimum atomic E-state index is -0.819. The summed E-state index contributed by atoms with van der Waals surface area (Å²) in [5.41, 5.74) is 0. The molecule has 0 amide bonds. The van der Waals surface area contributed by atoms with Crippen LogP contribution in [0.5, 0.6) is 0 Å².